The fraction of sp³-hybridized carbons (Fsp3) is 0.692. The number of nitrogens with two attached hydrogens (primary N) is 1. The molecule has 6 heteroatoms. The van der Waals surface area contributed by atoms with Crippen molar-refractivity contribution in [3.63, 3.8) is 0 Å². The molecule has 1 aromatic rings. The minimum absolute atomic E-state index is 0.147. The predicted octanol–water partition coefficient (Wildman–Crippen LogP) is 1.33. The number of carbonyl (C=O) groups excluding carboxylic acids is 1. The molecule has 6 nitrogen and oxygen atoms in total. The lowest BCUT2D eigenvalue weighted by Gasteiger charge is -2.46. The summed E-state index contributed by atoms with van der Waals surface area (Å²) in [7, 11) is 0. The van der Waals surface area contributed by atoms with Gasteiger partial charge >= 0.3 is 0 Å². The lowest BCUT2D eigenvalue weighted by molar-refractivity contribution is -0.171. The van der Waals surface area contributed by atoms with Crippen LogP contribution in [0.5, 0.6) is 0 Å². The molecule has 19 heavy (non-hydrogen) atoms. The highest BCUT2D eigenvalue weighted by Crippen LogP contribution is 2.29. The number of amides is 1. The quantitative estimate of drug-likeness (QED) is 0.803. The minimum Gasteiger partial charge on any atom is -0.395 e. The SMILES string of the molecule is Cc1[nH]nc(C(=O)N2CC(C)(C)OC(C)(C)C2)c1N. The summed E-state index contributed by atoms with van der Waals surface area (Å²) in [4.78, 5) is 14.3. The van der Waals surface area contributed by atoms with E-state index in [-0.39, 0.29) is 17.1 Å². The Labute approximate surface area is 113 Å². The number of hydrogen-bond donors (Lipinski definition) is 2. The maximum absolute atomic E-state index is 12.5. The van der Waals surface area contributed by atoms with Crippen LogP contribution in [0.15, 0.2) is 0 Å². The number of ether oxygens (including phenoxy) is 1. The zero-order valence-corrected chi connectivity index (χ0v) is 12.2. The molecule has 0 bridgehead atoms. The van der Waals surface area contributed by atoms with Crippen LogP contribution < -0.4 is 5.73 Å². The van der Waals surface area contributed by atoms with Crippen LogP contribution in [0.25, 0.3) is 0 Å². The van der Waals surface area contributed by atoms with Crippen molar-refractivity contribution in [2.45, 2.75) is 45.8 Å². The summed E-state index contributed by atoms with van der Waals surface area (Å²) >= 11 is 0. The zero-order chi connectivity index (χ0) is 14.4. The third-order valence-corrected chi connectivity index (χ3v) is 3.18. The van der Waals surface area contributed by atoms with Crippen LogP contribution in [-0.4, -0.2) is 45.3 Å². The minimum atomic E-state index is -0.377. The van der Waals surface area contributed by atoms with Crippen molar-refractivity contribution in [2.75, 3.05) is 18.8 Å². The number of hydrogen-bond acceptors (Lipinski definition) is 4. The maximum Gasteiger partial charge on any atom is 0.276 e. The summed E-state index contributed by atoms with van der Waals surface area (Å²) < 4.78 is 5.96. The average Bonchev–Trinajstić information content (AvgIpc) is 2.54. The Hall–Kier alpha value is -1.56. The summed E-state index contributed by atoms with van der Waals surface area (Å²) in [6, 6.07) is 0. The third kappa shape index (κ3) is 2.73. The van der Waals surface area contributed by atoms with Crippen molar-refractivity contribution < 1.29 is 9.53 Å². The Morgan fingerprint density at radius 1 is 1.32 bits per heavy atom. The fourth-order valence-corrected chi connectivity index (χ4v) is 2.68. The number of aromatic nitrogens is 2. The molecular weight excluding hydrogens is 244 g/mol. The van der Waals surface area contributed by atoms with Crippen LogP contribution in [0, 0.1) is 6.92 Å². The molecule has 3 N–H and O–H groups in total. The number of anilines is 1. The number of aryl methyl sites for hydroxylation is 1. The summed E-state index contributed by atoms with van der Waals surface area (Å²) in [6.45, 7) is 10.8. The van der Waals surface area contributed by atoms with Gasteiger partial charge in [0, 0.05) is 13.1 Å². The van der Waals surface area contributed by atoms with Gasteiger partial charge in [0.2, 0.25) is 0 Å². The number of H-pyrrole nitrogens is 1. The Bertz CT molecular complexity index is 489. The van der Waals surface area contributed by atoms with Gasteiger partial charge in [-0.05, 0) is 34.6 Å². The van der Waals surface area contributed by atoms with E-state index in [2.05, 4.69) is 10.2 Å². The molecule has 0 unspecified atom stereocenters. The first kappa shape index (κ1) is 13.9. The first-order valence-corrected chi connectivity index (χ1v) is 6.41. The van der Waals surface area contributed by atoms with Crippen molar-refractivity contribution in [3.05, 3.63) is 11.4 Å². The maximum atomic E-state index is 12.5. The van der Waals surface area contributed by atoms with E-state index in [1.165, 1.54) is 0 Å². The average molecular weight is 266 g/mol. The number of nitrogens with zero attached hydrogens (tertiary/aromatic N) is 2. The molecule has 1 saturated heterocycles. The molecule has 1 aliphatic heterocycles. The fourth-order valence-electron chi connectivity index (χ4n) is 2.68. The number of carbonyl (C=O) groups is 1. The van der Waals surface area contributed by atoms with E-state index < -0.39 is 0 Å². The molecule has 2 rings (SSSR count). The van der Waals surface area contributed by atoms with E-state index >= 15 is 0 Å². The van der Waals surface area contributed by atoms with Crippen LogP contribution in [0.1, 0.15) is 43.9 Å². The third-order valence-electron chi connectivity index (χ3n) is 3.18. The predicted molar refractivity (Wildman–Crippen MR) is 72.9 cm³/mol. The Kier molecular flexibility index (Phi) is 3.09. The molecule has 1 aromatic heterocycles. The van der Waals surface area contributed by atoms with Gasteiger partial charge in [-0.2, -0.15) is 5.10 Å². The second-order valence-electron chi connectivity index (χ2n) is 6.39. The van der Waals surface area contributed by atoms with Gasteiger partial charge in [0.25, 0.3) is 5.91 Å². The normalized spacial score (nSPS) is 21.4. The van der Waals surface area contributed by atoms with E-state index in [4.69, 9.17) is 10.5 Å². The molecule has 0 radical (unpaired) electrons. The second kappa shape index (κ2) is 4.23. The van der Waals surface area contributed by atoms with Gasteiger partial charge < -0.3 is 15.4 Å². The summed E-state index contributed by atoms with van der Waals surface area (Å²) in [5.74, 6) is -0.147. The lowest BCUT2D eigenvalue weighted by Crippen LogP contribution is -2.58. The van der Waals surface area contributed by atoms with Crippen LogP contribution in [0.2, 0.25) is 0 Å². The van der Waals surface area contributed by atoms with Gasteiger partial charge in [0.15, 0.2) is 5.69 Å². The Morgan fingerprint density at radius 2 is 1.84 bits per heavy atom. The van der Waals surface area contributed by atoms with Crippen molar-refractivity contribution in [3.8, 4) is 0 Å². The Balaban J connectivity index is 2.26. The van der Waals surface area contributed by atoms with Gasteiger partial charge in [0.1, 0.15) is 0 Å². The smallest absolute Gasteiger partial charge is 0.276 e. The molecule has 1 aliphatic rings. The molecule has 106 valence electrons. The number of rotatable bonds is 1. The monoisotopic (exact) mass is 266 g/mol. The highest BCUT2D eigenvalue weighted by Gasteiger charge is 2.41. The van der Waals surface area contributed by atoms with Crippen LogP contribution in [-0.2, 0) is 4.74 Å². The number of nitrogens with one attached hydrogen (secondary N) is 1. The first-order valence-electron chi connectivity index (χ1n) is 6.41. The van der Waals surface area contributed by atoms with Gasteiger partial charge in [-0.15, -0.1) is 0 Å². The van der Waals surface area contributed by atoms with E-state index in [9.17, 15) is 4.79 Å². The highest BCUT2D eigenvalue weighted by atomic mass is 16.5. The summed E-state index contributed by atoms with van der Waals surface area (Å²) in [5, 5.41) is 6.75. The standard InChI is InChI=1S/C13H22N4O2/c1-8-9(14)10(16-15-8)11(18)17-6-12(2,3)19-13(4,5)7-17/h6-7,14H2,1-5H3,(H,15,16). The van der Waals surface area contributed by atoms with Gasteiger partial charge in [0.05, 0.1) is 22.6 Å². The van der Waals surface area contributed by atoms with Crippen LogP contribution in [0.4, 0.5) is 5.69 Å². The number of nitrogen functional groups attached to an aromatic ring is 1. The van der Waals surface area contributed by atoms with Gasteiger partial charge in [-0.1, -0.05) is 0 Å². The molecule has 1 fully saturated rings. The van der Waals surface area contributed by atoms with Crippen molar-refractivity contribution in [2.24, 2.45) is 0 Å². The molecule has 2 heterocycles. The van der Waals surface area contributed by atoms with E-state index in [1.54, 1.807) is 11.8 Å². The molecule has 0 aromatic carbocycles. The highest BCUT2D eigenvalue weighted by molar-refractivity contribution is 5.97. The number of aromatic amines is 1. The second-order valence-corrected chi connectivity index (χ2v) is 6.39. The Morgan fingerprint density at radius 3 is 2.26 bits per heavy atom. The molecule has 0 aliphatic carbocycles. The summed E-state index contributed by atoms with van der Waals surface area (Å²) in [6.07, 6.45) is 0. The largest absolute Gasteiger partial charge is 0.395 e. The topological polar surface area (TPSA) is 84.2 Å². The van der Waals surface area contributed by atoms with E-state index in [0.29, 0.717) is 24.5 Å². The summed E-state index contributed by atoms with van der Waals surface area (Å²) in [5.41, 5.74) is 6.56. The molecule has 0 atom stereocenters. The first-order chi connectivity index (χ1) is 8.61. The van der Waals surface area contributed by atoms with Gasteiger partial charge in [-0.3, -0.25) is 9.89 Å². The lowest BCUT2D eigenvalue weighted by atomic mass is 9.98. The molecule has 1 amide bonds. The van der Waals surface area contributed by atoms with Crippen LogP contribution in [0.3, 0.4) is 0 Å². The molecule has 0 saturated carbocycles. The number of morpholine rings is 1. The van der Waals surface area contributed by atoms with Crippen molar-refractivity contribution >= 4 is 11.6 Å². The van der Waals surface area contributed by atoms with Crippen molar-refractivity contribution in [1.82, 2.24) is 15.1 Å². The molecular formula is C13H22N4O2. The zero-order valence-electron chi connectivity index (χ0n) is 12.2. The van der Waals surface area contributed by atoms with E-state index in [1.807, 2.05) is 27.7 Å². The van der Waals surface area contributed by atoms with Crippen LogP contribution >= 0.6 is 0 Å². The van der Waals surface area contributed by atoms with Gasteiger partial charge in [-0.25, -0.2) is 0 Å². The molecule has 0 spiro atoms. The van der Waals surface area contributed by atoms with Crippen molar-refractivity contribution in [1.29, 1.82) is 0 Å². The van der Waals surface area contributed by atoms with E-state index in [0.717, 1.165) is 5.69 Å².